The first kappa shape index (κ1) is 20.0. The van der Waals surface area contributed by atoms with Crippen LogP contribution in [0.3, 0.4) is 0 Å². The van der Waals surface area contributed by atoms with Crippen molar-refractivity contribution in [2.45, 2.75) is 13.3 Å². The van der Waals surface area contributed by atoms with E-state index in [9.17, 15) is 14.9 Å². The first-order valence-corrected chi connectivity index (χ1v) is 8.30. The van der Waals surface area contributed by atoms with Gasteiger partial charge >= 0.3 is 5.69 Å². The monoisotopic (exact) mass is 374 g/mol. The Morgan fingerprint density at radius 3 is 2.44 bits per heavy atom. The van der Waals surface area contributed by atoms with E-state index in [0.717, 1.165) is 11.1 Å². The van der Waals surface area contributed by atoms with Crippen molar-refractivity contribution in [3.05, 3.63) is 57.6 Å². The van der Waals surface area contributed by atoms with Gasteiger partial charge in [0.05, 0.1) is 19.1 Å². The highest BCUT2D eigenvalue weighted by molar-refractivity contribution is 5.77. The van der Waals surface area contributed by atoms with E-state index < -0.39 is 4.92 Å². The minimum absolute atomic E-state index is 0.0700. The zero-order chi connectivity index (χ0) is 19.8. The summed E-state index contributed by atoms with van der Waals surface area (Å²) in [5, 5.41) is 13.8. The zero-order valence-electron chi connectivity index (χ0n) is 15.5. The molecule has 0 radical (unpaired) electrons. The Kier molecular flexibility index (Phi) is 6.99. The van der Waals surface area contributed by atoms with Crippen molar-refractivity contribution in [2.24, 2.45) is 0 Å². The third kappa shape index (κ3) is 5.60. The second kappa shape index (κ2) is 9.42. The van der Waals surface area contributed by atoms with Crippen LogP contribution < -0.4 is 19.5 Å². The highest BCUT2D eigenvalue weighted by Crippen LogP contribution is 2.28. The van der Waals surface area contributed by atoms with Gasteiger partial charge in [-0.2, -0.15) is 0 Å². The molecule has 0 aromatic heterocycles. The fraction of sp³-hybridized carbons (Fsp3) is 0.316. The molecule has 1 amide bonds. The lowest BCUT2D eigenvalue weighted by atomic mass is 10.1. The molecule has 0 saturated heterocycles. The molecule has 1 N–H and O–H groups in total. The van der Waals surface area contributed by atoms with Crippen LogP contribution in [0.25, 0.3) is 0 Å². The van der Waals surface area contributed by atoms with Crippen molar-refractivity contribution in [3.63, 3.8) is 0 Å². The molecular weight excluding hydrogens is 352 g/mol. The molecule has 2 aromatic rings. The minimum Gasteiger partial charge on any atom is -0.493 e. The highest BCUT2D eigenvalue weighted by Gasteiger charge is 2.16. The molecule has 0 aliphatic carbocycles. The first-order valence-electron chi connectivity index (χ1n) is 8.30. The number of methoxy groups -OCH3 is 2. The molecule has 2 rings (SSSR count). The average Bonchev–Trinajstić information content (AvgIpc) is 2.66. The Morgan fingerprint density at radius 1 is 1.07 bits per heavy atom. The topological polar surface area (TPSA) is 99.9 Å². The van der Waals surface area contributed by atoms with Crippen LogP contribution in [0.2, 0.25) is 0 Å². The van der Waals surface area contributed by atoms with Crippen LogP contribution in [0.15, 0.2) is 36.4 Å². The second-order valence-electron chi connectivity index (χ2n) is 5.81. The summed E-state index contributed by atoms with van der Waals surface area (Å²) in [4.78, 5) is 22.4. The largest absolute Gasteiger partial charge is 0.493 e. The summed E-state index contributed by atoms with van der Waals surface area (Å²) in [6.45, 7) is 1.85. The Bertz CT molecular complexity index is 822. The standard InChI is InChI=1S/C19H22N2O6/c1-13-4-6-16(15(10-13)21(23)24)27-12-19(22)20-9-8-14-5-7-17(25-2)18(11-14)26-3/h4-7,10-11H,8-9,12H2,1-3H3,(H,20,22). The SMILES string of the molecule is COc1ccc(CCNC(=O)COc2ccc(C)cc2[N+](=O)[O-])cc1OC. The van der Waals surface area contributed by atoms with E-state index in [1.165, 1.54) is 12.1 Å². The normalized spacial score (nSPS) is 10.2. The molecule has 0 heterocycles. The van der Waals surface area contributed by atoms with Crippen LogP contribution in [0, 0.1) is 17.0 Å². The average molecular weight is 374 g/mol. The Morgan fingerprint density at radius 2 is 1.78 bits per heavy atom. The summed E-state index contributed by atoms with van der Waals surface area (Å²) in [5.74, 6) is 0.973. The van der Waals surface area contributed by atoms with E-state index >= 15 is 0 Å². The van der Waals surface area contributed by atoms with Crippen molar-refractivity contribution < 1.29 is 23.9 Å². The number of hydrogen-bond donors (Lipinski definition) is 1. The molecule has 0 saturated carbocycles. The molecule has 8 heteroatoms. The lowest BCUT2D eigenvalue weighted by Gasteiger charge is -2.10. The van der Waals surface area contributed by atoms with E-state index in [4.69, 9.17) is 14.2 Å². The van der Waals surface area contributed by atoms with Gasteiger partial charge in [-0.25, -0.2) is 0 Å². The number of nitrogens with zero attached hydrogens (tertiary/aromatic N) is 1. The fourth-order valence-electron chi connectivity index (χ4n) is 2.47. The summed E-state index contributed by atoms with van der Waals surface area (Å²) >= 11 is 0. The summed E-state index contributed by atoms with van der Waals surface area (Å²) in [6, 6.07) is 10.1. The maximum atomic E-state index is 11.9. The molecule has 2 aromatic carbocycles. The molecular formula is C19H22N2O6. The Hall–Kier alpha value is -3.29. The number of amides is 1. The van der Waals surface area contributed by atoms with Gasteiger partial charge in [-0.3, -0.25) is 14.9 Å². The van der Waals surface area contributed by atoms with E-state index in [2.05, 4.69) is 5.32 Å². The summed E-state index contributed by atoms with van der Waals surface area (Å²) in [5.41, 5.74) is 1.56. The predicted molar refractivity (Wildman–Crippen MR) is 99.6 cm³/mol. The zero-order valence-corrected chi connectivity index (χ0v) is 15.5. The van der Waals surface area contributed by atoms with Gasteiger partial charge < -0.3 is 19.5 Å². The number of rotatable bonds is 9. The van der Waals surface area contributed by atoms with Crippen LogP contribution in [-0.4, -0.2) is 38.2 Å². The van der Waals surface area contributed by atoms with Crippen molar-refractivity contribution >= 4 is 11.6 Å². The van der Waals surface area contributed by atoms with Gasteiger partial charge in [-0.1, -0.05) is 12.1 Å². The number of hydrogen-bond acceptors (Lipinski definition) is 6. The third-order valence-corrected chi connectivity index (χ3v) is 3.85. The molecule has 0 atom stereocenters. The summed E-state index contributed by atoms with van der Waals surface area (Å²) in [6.07, 6.45) is 0.594. The molecule has 0 spiro atoms. The predicted octanol–water partition coefficient (Wildman–Crippen LogP) is 2.66. The van der Waals surface area contributed by atoms with Crippen molar-refractivity contribution in [3.8, 4) is 17.2 Å². The van der Waals surface area contributed by atoms with E-state index in [1.807, 2.05) is 12.1 Å². The first-order chi connectivity index (χ1) is 12.9. The molecule has 0 unspecified atom stereocenters. The van der Waals surface area contributed by atoms with E-state index in [1.54, 1.807) is 33.3 Å². The number of nitro benzene ring substituents is 1. The number of nitrogens with one attached hydrogen (secondary N) is 1. The van der Waals surface area contributed by atoms with Gasteiger partial charge in [-0.05, 0) is 42.7 Å². The number of benzene rings is 2. The van der Waals surface area contributed by atoms with Crippen molar-refractivity contribution in [2.75, 3.05) is 27.4 Å². The Labute approximate surface area is 157 Å². The molecule has 0 bridgehead atoms. The van der Waals surface area contributed by atoms with Crippen molar-refractivity contribution in [1.82, 2.24) is 5.32 Å². The Balaban J connectivity index is 1.84. The quantitative estimate of drug-likeness (QED) is 0.535. The molecule has 8 nitrogen and oxygen atoms in total. The van der Waals surface area contributed by atoms with Crippen LogP contribution >= 0.6 is 0 Å². The van der Waals surface area contributed by atoms with Gasteiger partial charge in [0.15, 0.2) is 23.9 Å². The van der Waals surface area contributed by atoms with Gasteiger partial charge in [0.25, 0.3) is 5.91 Å². The lowest BCUT2D eigenvalue weighted by molar-refractivity contribution is -0.385. The number of nitro groups is 1. The fourth-order valence-corrected chi connectivity index (χ4v) is 2.47. The molecule has 0 aliphatic rings. The molecule has 27 heavy (non-hydrogen) atoms. The molecule has 144 valence electrons. The minimum atomic E-state index is -0.530. The van der Waals surface area contributed by atoms with Crippen molar-refractivity contribution in [1.29, 1.82) is 0 Å². The number of aryl methyl sites for hydroxylation is 1. The molecule has 0 fully saturated rings. The van der Waals surface area contributed by atoms with Crippen LogP contribution in [0.5, 0.6) is 17.2 Å². The van der Waals surface area contributed by atoms with Gasteiger partial charge in [0.2, 0.25) is 0 Å². The van der Waals surface area contributed by atoms with Crippen LogP contribution in [-0.2, 0) is 11.2 Å². The lowest BCUT2D eigenvalue weighted by Crippen LogP contribution is -2.30. The van der Waals surface area contributed by atoms with Gasteiger partial charge in [-0.15, -0.1) is 0 Å². The summed E-state index contributed by atoms with van der Waals surface area (Å²) < 4.78 is 15.7. The third-order valence-electron chi connectivity index (χ3n) is 3.85. The maximum Gasteiger partial charge on any atom is 0.311 e. The van der Waals surface area contributed by atoms with E-state index in [-0.39, 0.29) is 24.0 Å². The summed E-state index contributed by atoms with van der Waals surface area (Å²) in [7, 11) is 3.13. The number of carbonyl (C=O) groups excluding carboxylic acids is 1. The van der Waals surface area contributed by atoms with E-state index in [0.29, 0.717) is 24.5 Å². The highest BCUT2D eigenvalue weighted by atomic mass is 16.6. The van der Waals surface area contributed by atoms with Crippen LogP contribution in [0.4, 0.5) is 5.69 Å². The van der Waals surface area contributed by atoms with Gasteiger partial charge in [0.1, 0.15) is 0 Å². The number of ether oxygens (including phenoxy) is 3. The van der Waals surface area contributed by atoms with Gasteiger partial charge in [0, 0.05) is 12.6 Å². The maximum absolute atomic E-state index is 11.9. The van der Waals surface area contributed by atoms with Crippen LogP contribution in [0.1, 0.15) is 11.1 Å². The second-order valence-corrected chi connectivity index (χ2v) is 5.81. The smallest absolute Gasteiger partial charge is 0.311 e. The molecule has 0 aliphatic heterocycles. The number of carbonyl (C=O) groups is 1.